The molecule has 0 spiro atoms. The quantitative estimate of drug-likeness (QED) is 0.751. The Balaban J connectivity index is 1.41. The maximum Gasteiger partial charge on any atom is 0.411 e. The van der Waals surface area contributed by atoms with E-state index in [1.54, 1.807) is 24.3 Å². The highest BCUT2D eigenvalue weighted by molar-refractivity contribution is 5.94. The van der Waals surface area contributed by atoms with Gasteiger partial charge in [-0.2, -0.15) is 13.2 Å². The Morgan fingerprint density at radius 1 is 1.00 bits per heavy atom. The van der Waals surface area contributed by atoms with Gasteiger partial charge in [-0.1, -0.05) is 42.5 Å². The van der Waals surface area contributed by atoms with Crippen molar-refractivity contribution < 1.29 is 22.7 Å². The van der Waals surface area contributed by atoms with Gasteiger partial charge in [0.15, 0.2) is 0 Å². The molecule has 0 atom stereocenters. The minimum atomic E-state index is -4.34. The molecule has 0 unspecified atom stereocenters. The fourth-order valence-corrected chi connectivity index (χ4v) is 3.38. The van der Waals surface area contributed by atoms with Crippen LogP contribution in [0.4, 0.5) is 13.2 Å². The summed E-state index contributed by atoms with van der Waals surface area (Å²) in [4.78, 5) is 14.8. The lowest BCUT2D eigenvalue weighted by molar-refractivity contribution is -0.176. The van der Waals surface area contributed by atoms with E-state index in [2.05, 4.69) is 27.1 Å². The first-order valence-electron chi connectivity index (χ1n) is 9.69. The smallest absolute Gasteiger partial charge is 0.367 e. The van der Waals surface area contributed by atoms with Crippen LogP contribution in [0.3, 0.4) is 0 Å². The SMILES string of the molecule is O=C(NC1CCN(Cc2ccccc2)CC1)c1ccc(COCC(F)(F)F)cc1. The summed E-state index contributed by atoms with van der Waals surface area (Å²) < 4.78 is 40.9. The molecule has 156 valence electrons. The third-order valence-corrected chi connectivity index (χ3v) is 4.92. The van der Waals surface area contributed by atoms with Crippen LogP contribution in [0, 0.1) is 0 Å². The summed E-state index contributed by atoms with van der Waals surface area (Å²) in [6.45, 7) is 1.35. The molecule has 0 bridgehead atoms. The van der Waals surface area contributed by atoms with Crippen LogP contribution < -0.4 is 5.32 Å². The zero-order chi connectivity index (χ0) is 20.7. The van der Waals surface area contributed by atoms with E-state index in [9.17, 15) is 18.0 Å². The van der Waals surface area contributed by atoms with Gasteiger partial charge in [-0.05, 0) is 36.1 Å². The van der Waals surface area contributed by atoms with E-state index in [4.69, 9.17) is 0 Å². The summed E-state index contributed by atoms with van der Waals surface area (Å²) in [7, 11) is 0. The van der Waals surface area contributed by atoms with Gasteiger partial charge in [0.25, 0.3) is 5.91 Å². The molecule has 2 aromatic carbocycles. The van der Waals surface area contributed by atoms with Gasteiger partial charge in [0.05, 0.1) is 6.61 Å². The average Bonchev–Trinajstić information content (AvgIpc) is 2.70. The molecule has 1 amide bonds. The molecule has 1 aliphatic heterocycles. The van der Waals surface area contributed by atoms with E-state index in [0.717, 1.165) is 32.5 Å². The number of nitrogens with one attached hydrogen (secondary N) is 1. The van der Waals surface area contributed by atoms with E-state index >= 15 is 0 Å². The number of rotatable bonds is 7. The van der Waals surface area contributed by atoms with Crippen molar-refractivity contribution in [3.8, 4) is 0 Å². The molecular weight excluding hydrogens is 381 g/mol. The number of nitrogens with zero attached hydrogens (tertiary/aromatic N) is 1. The zero-order valence-electron chi connectivity index (χ0n) is 16.1. The number of amides is 1. The number of likely N-dealkylation sites (tertiary alicyclic amines) is 1. The number of carbonyl (C=O) groups is 1. The lowest BCUT2D eigenvalue weighted by atomic mass is 10.0. The molecular formula is C22H25F3N2O2. The first-order chi connectivity index (χ1) is 13.9. The van der Waals surface area contributed by atoms with E-state index in [1.807, 2.05) is 18.2 Å². The molecule has 1 aliphatic rings. The Bertz CT molecular complexity index is 771. The van der Waals surface area contributed by atoms with Crippen molar-refractivity contribution in [2.24, 2.45) is 0 Å². The molecule has 0 aliphatic carbocycles. The van der Waals surface area contributed by atoms with Crippen LogP contribution in [-0.2, 0) is 17.9 Å². The summed E-state index contributed by atoms with van der Waals surface area (Å²) in [5.74, 6) is -0.158. The monoisotopic (exact) mass is 406 g/mol. The average molecular weight is 406 g/mol. The molecule has 1 N–H and O–H groups in total. The Morgan fingerprint density at radius 3 is 2.28 bits per heavy atom. The predicted octanol–water partition coefficient (Wildman–Crippen LogP) is 4.16. The highest BCUT2D eigenvalue weighted by Crippen LogP contribution is 2.17. The third-order valence-electron chi connectivity index (χ3n) is 4.92. The first-order valence-corrected chi connectivity index (χ1v) is 9.69. The molecule has 7 heteroatoms. The molecule has 0 aromatic heterocycles. The number of carbonyl (C=O) groups excluding carboxylic acids is 1. The van der Waals surface area contributed by atoms with Crippen LogP contribution in [0.2, 0.25) is 0 Å². The number of hydrogen-bond acceptors (Lipinski definition) is 3. The largest absolute Gasteiger partial charge is 0.411 e. The minimum Gasteiger partial charge on any atom is -0.367 e. The lowest BCUT2D eigenvalue weighted by Crippen LogP contribution is -2.44. The maximum atomic E-state index is 12.4. The maximum absolute atomic E-state index is 12.4. The number of benzene rings is 2. The second kappa shape index (κ2) is 9.89. The van der Waals surface area contributed by atoms with E-state index in [-0.39, 0.29) is 18.6 Å². The van der Waals surface area contributed by atoms with Crippen molar-refractivity contribution in [2.75, 3.05) is 19.7 Å². The van der Waals surface area contributed by atoms with Crippen molar-refractivity contribution in [1.29, 1.82) is 0 Å². The van der Waals surface area contributed by atoms with Gasteiger partial charge in [0.2, 0.25) is 0 Å². The van der Waals surface area contributed by atoms with Crippen LogP contribution in [0.5, 0.6) is 0 Å². The molecule has 4 nitrogen and oxygen atoms in total. The fraction of sp³-hybridized carbons (Fsp3) is 0.409. The van der Waals surface area contributed by atoms with Gasteiger partial charge in [0, 0.05) is 31.2 Å². The minimum absolute atomic E-state index is 0.129. The zero-order valence-corrected chi connectivity index (χ0v) is 16.1. The molecule has 1 heterocycles. The third kappa shape index (κ3) is 7.18. The molecule has 1 saturated heterocycles. The molecule has 29 heavy (non-hydrogen) atoms. The van der Waals surface area contributed by atoms with Crippen LogP contribution in [0.25, 0.3) is 0 Å². The summed E-state index contributed by atoms with van der Waals surface area (Å²) in [5, 5.41) is 3.06. The Morgan fingerprint density at radius 2 is 1.66 bits per heavy atom. The molecule has 0 radical (unpaired) electrons. The molecule has 1 fully saturated rings. The summed E-state index contributed by atoms with van der Waals surface area (Å²) in [6.07, 6.45) is -2.56. The summed E-state index contributed by atoms with van der Waals surface area (Å²) in [6, 6.07) is 16.9. The van der Waals surface area contributed by atoms with Crippen molar-refractivity contribution in [3.63, 3.8) is 0 Å². The van der Waals surface area contributed by atoms with Crippen LogP contribution in [0.15, 0.2) is 54.6 Å². The van der Waals surface area contributed by atoms with E-state index in [1.165, 1.54) is 5.56 Å². The number of piperidine rings is 1. The Labute approximate surface area is 168 Å². The van der Waals surface area contributed by atoms with Crippen molar-refractivity contribution in [1.82, 2.24) is 10.2 Å². The molecule has 2 aromatic rings. The number of alkyl halides is 3. The Hall–Kier alpha value is -2.38. The summed E-state index contributed by atoms with van der Waals surface area (Å²) >= 11 is 0. The van der Waals surface area contributed by atoms with Gasteiger partial charge in [-0.25, -0.2) is 0 Å². The summed E-state index contributed by atoms with van der Waals surface area (Å²) in [5.41, 5.74) is 2.38. The standard InChI is InChI=1S/C22H25F3N2O2/c23-22(24,25)16-29-15-18-6-8-19(9-7-18)21(28)26-20-10-12-27(13-11-20)14-17-4-2-1-3-5-17/h1-9,20H,10-16H2,(H,26,28). The Kier molecular flexibility index (Phi) is 7.28. The second-order valence-corrected chi connectivity index (χ2v) is 7.31. The lowest BCUT2D eigenvalue weighted by Gasteiger charge is -2.32. The van der Waals surface area contributed by atoms with E-state index < -0.39 is 12.8 Å². The van der Waals surface area contributed by atoms with Gasteiger partial charge < -0.3 is 10.1 Å². The topological polar surface area (TPSA) is 41.6 Å². The number of halogens is 3. The van der Waals surface area contributed by atoms with Gasteiger partial charge in [-0.3, -0.25) is 9.69 Å². The van der Waals surface area contributed by atoms with Crippen molar-refractivity contribution in [3.05, 3.63) is 71.3 Å². The van der Waals surface area contributed by atoms with Crippen molar-refractivity contribution >= 4 is 5.91 Å². The highest BCUT2D eigenvalue weighted by atomic mass is 19.4. The van der Waals surface area contributed by atoms with Gasteiger partial charge >= 0.3 is 6.18 Å². The normalized spacial score (nSPS) is 16.0. The van der Waals surface area contributed by atoms with Crippen LogP contribution >= 0.6 is 0 Å². The highest BCUT2D eigenvalue weighted by Gasteiger charge is 2.27. The van der Waals surface area contributed by atoms with Crippen LogP contribution in [-0.4, -0.2) is 42.7 Å². The first kappa shape index (κ1) is 21.3. The predicted molar refractivity (Wildman–Crippen MR) is 104 cm³/mol. The van der Waals surface area contributed by atoms with Gasteiger partial charge in [-0.15, -0.1) is 0 Å². The molecule has 0 saturated carbocycles. The van der Waals surface area contributed by atoms with Crippen LogP contribution in [0.1, 0.15) is 34.3 Å². The number of hydrogen-bond donors (Lipinski definition) is 1. The van der Waals surface area contributed by atoms with Gasteiger partial charge in [0.1, 0.15) is 6.61 Å². The molecule has 3 rings (SSSR count). The van der Waals surface area contributed by atoms with E-state index in [0.29, 0.717) is 11.1 Å². The number of ether oxygens (including phenoxy) is 1. The fourth-order valence-electron chi connectivity index (χ4n) is 3.38. The second-order valence-electron chi connectivity index (χ2n) is 7.31. The van der Waals surface area contributed by atoms with Crippen molar-refractivity contribution in [2.45, 2.75) is 38.2 Å².